The Labute approximate surface area is 139 Å². The maximum absolute atomic E-state index is 12.6. The summed E-state index contributed by atoms with van der Waals surface area (Å²) in [4.78, 5) is 16.3. The largest absolute Gasteiger partial charge is 0.420 e. The molecule has 0 radical (unpaired) electrons. The first-order chi connectivity index (χ1) is 11.5. The van der Waals surface area contributed by atoms with Gasteiger partial charge in [0.05, 0.1) is 17.6 Å². The highest BCUT2D eigenvalue weighted by Gasteiger charge is 2.32. The molecule has 24 heavy (non-hydrogen) atoms. The Hall–Kier alpha value is -2.93. The predicted molar refractivity (Wildman–Crippen MR) is 88.2 cm³/mol. The van der Waals surface area contributed by atoms with Crippen LogP contribution in [0.25, 0.3) is 5.76 Å². The van der Waals surface area contributed by atoms with Crippen LogP contribution in [0.3, 0.4) is 0 Å². The number of aromatic nitrogens is 1. The van der Waals surface area contributed by atoms with Crippen LogP contribution in [0, 0.1) is 0 Å². The van der Waals surface area contributed by atoms with E-state index in [1.54, 1.807) is 30.3 Å². The van der Waals surface area contributed by atoms with Gasteiger partial charge >= 0.3 is 5.97 Å². The molecule has 2 aromatic rings. The van der Waals surface area contributed by atoms with Crippen molar-refractivity contribution in [1.29, 1.82) is 0 Å². The minimum absolute atomic E-state index is 0.0707. The molecule has 1 aliphatic rings. The van der Waals surface area contributed by atoms with Crippen LogP contribution < -0.4 is 0 Å². The Bertz CT molecular complexity index is 921. The van der Waals surface area contributed by atoms with Crippen molar-refractivity contribution in [2.75, 3.05) is 6.54 Å². The fourth-order valence-electron chi connectivity index (χ4n) is 2.29. The first-order valence-corrected chi connectivity index (χ1v) is 8.55. The first-order valence-electron chi connectivity index (χ1n) is 7.11. The van der Waals surface area contributed by atoms with Crippen LogP contribution >= 0.6 is 0 Å². The summed E-state index contributed by atoms with van der Waals surface area (Å²) in [6, 6.07) is 11.2. The number of carbonyl (C=O) groups is 1. The van der Waals surface area contributed by atoms with Gasteiger partial charge < -0.3 is 4.74 Å². The minimum atomic E-state index is -3.70. The van der Waals surface area contributed by atoms with Gasteiger partial charge in [-0.3, -0.25) is 4.31 Å². The number of rotatable bonds is 4. The minimum Gasteiger partial charge on any atom is -0.420 e. The van der Waals surface area contributed by atoms with Crippen LogP contribution in [0.4, 0.5) is 0 Å². The molecule has 122 valence electrons. The van der Waals surface area contributed by atoms with Crippen molar-refractivity contribution in [2.24, 2.45) is 0 Å². The Morgan fingerprint density at radius 1 is 1.21 bits per heavy atom. The lowest BCUT2D eigenvalue weighted by Crippen LogP contribution is -2.31. The van der Waals surface area contributed by atoms with E-state index in [1.165, 1.54) is 30.6 Å². The average Bonchev–Trinajstić information content (AvgIpc) is 2.60. The SMILES string of the molecule is C=CCN1C=C(OC(=O)c2ccccn2)c2ccccc2S1(=O)=O. The molecule has 0 bridgehead atoms. The number of hydrogen-bond donors (Lipinski definition) is 0. The van der Waals surface area contributed by atoms with E-state index in [1.807, 2.05) is 0 Å². The molecule has 6 nitrogen and oxygen atoms in total. The summed E-state index contributed by atoms with van der Waals surface area (Å²) >= 11 is 0. The molecular weight excluding hydrogens is 328 g/mol. The molecule has 0 spiro atoms. The van der Waals surface area contributed by atoms with E-state index in [0.29, 0.717) is 5.56 Å². The van der Waals surface area contributed by atoms with Crippen LogP contribution in [-0.4, -0.2) is 30.2 Å². The van der Waals surface area contributed by atoms with E-state index in [4.69, 9.17) is 4.74 Å². The lowest BCUT2D eigenvalue weighted by atomic mass is 10.2. The molecule has 0 atom stereocenters. The summed E-state index contributed by atoms with van der Waals surface area (Å²) in [5, 5.41) is 0. The molecule has 0 amide bonds. The Balaban J connectivity index is 2.03. The third-order valence-corrected chi connectivity index (χ3v) is 5.17. The first kappa shape index (κ1) is 15.9. The maximum atomic E-state index is 12.6. The summed E-state index contributed by atoms with van der Waals surface area (Å²) in [5.74, 6) is -0.507. The Morgan fingerprint density at radius 3 is 2.67 bits per heavy atom. The van der Waals surface area contributed by atoms with Crippen LogP contribution in [-0.2, 0) is 14.8 Å². The van der Waals surface area contributed by atoms with Crippen molar-refractivity contribution in [2.45, 2.75) is 4.90 Å². The van der Waals surface area contributed by atoms with Crippen molar-refractivity contribution in [3.8, 4) is 0 Å². The van der Waals surface area contributed by atoms with E-state index < -0.39 is 16.0 Å². The molecule has 3 rings (SSSR count). The summed E-state index contributed by atoms with van der Waals surface area (Å²) in [7, 11) is -3.70. The molecule has 0 aliphatic carbocycles. The van der Waals surface area contributed by atoms with E-state index in [9.17, 15) is 13.2 Å². The van der Waals surface area contributed by atoms with Crippen LogP contribution in [0.1, 0.15) is 16.1 Å². The van der Waals surface area contributed by atoms with E-state index >= 15 is 0 Å². The second kappa shape index (κ2) is 6.29. The fourth-order valence-corrected chi connectivity index (χ4v) is 3.77. The molecule has 7 heteroatoms. The zero-order valence-electron chi connectivity index (χ0n) is 12.6. The summed E-state index contributed by atoms with van der Waals surface area (Å²) < 4.78 is 31.6. The van der Waals surface area contributed by atoms with Gasteiger partial charge in [-0.2, -0.15) is 0 Å². The van der Waals surface area contributed by atoms with Gasteiger partial charge in [-0.1, -0.05) is 24.3 Å². The van der Waals surface area contributed by atoms with Gasteiger partial charge in [0.1, 0.15) is 5.69 Å². The van der Waals surface area contributed by atoms with Gasteiger partial charge in [-0.25, -0.2) is 18.2 Å². The summed E-state index contributed by atoms with van der Waals surface area (Å²) in [6.45, 7) is 3.63. The van der Waals surface area contributed by atoms with Crippen molar-refractivity contribution >= 4 is 21.8 Å². The molecule has 0 saturated carbocycles. The number of esters is 1. The Kier molecular flexibility index (Phi) is 4.18. The van der Waals surface area contributed by atoms with Crippen LogP contribution in [0.5, 0.6) is 0 Å². The highest BCUT2D eigenvalue weighted by atomic mass is 32.2. The number of pyridine rings is 1. The second-order valence-electron chi connectivity index (χ2n) is 4.96. The number of nitrogens with zero attached hydrogens (tertiary/aromatic N) is 2. The van der Waals surface area contributed by atoms with E-state index in [-0.39, 0.29) is 22.9 Å². The van der Waals surface area contributed by atoms with E-state index in [0.717, 1.165) is 4.31 Å². The normalized spacial score (nSPS) is 15.2. The quantitative estimate of drug-likeness (QED) is 0.630. The number of fused-ring (bicyclic) bond motifs is 1. The second-order valence-corrected chi connectivity index (χ2v) is 6.82. The molecule has 0 N–H and O–H groups in total. The fraction of sp³-hybridized carbons (Fsp3) is 0.0588. The van der Waals surface area contributed by atoms with Crippen molar-refractivity contribution in [3.05, 3.63) is 78.8 Å². The van der Waals surface area contributed by atoms with Gasteiger partial charge in [-0.05, 0) is 24.3 Å². The summed E-state index contributed by atoms with van der Waals surface area (Å²) in [5.41, 5.74) is 0.474. The molecular formula is C17H14N2O4S. The molecule has 0 saturated heterocycles. The van der Waals surface area contributed by atoms with Crippen LogP contribution in [0.15, 0.2) is 72.4 Å². The average molecular weight is 342 g/mol. The van der Waals surface area contributed by atoms with E-state index in [2.05, 4.69) is 11.6 Å². The van der Waals surface area contributed by atoms with Crippen molar-refractivity contribution in [3.63, 3.8) is 0 Å². The standard InChI is InChI=1S/C17H14N2O4S/c1-2-11-19-12-15(23-17(20)14-8-5-6-10-18-14)13-7-3-4-9-16(13)24(19,21)22/h2-10,12H,1,11H2. The number of sulfonamides is 1. The number of carbonyl (C=O) groups excluding carboxylic acids is 1. The smallest absolute Gasteiger partial charge is 0.362 e. The monoisotopic (exact) mass is 342 g/mol. The van der Waals surface area contributed by atoms with Gasteiger partial charge in [-0.15, -0.1) is 6.58 Å². The Morgan fingerprint density at radius 2 is 1.96 bits per heavy atom. The highest BCUT2D eigenvalue weighted by molar-refractivity contribution is 7.89. The van der Waals surface area contributed by atoms with Crippen LogP contribution in [0.2, 0.25) is 0 Å². The topological polar surface area (TPSA) is 76.6 Å². The molecule has 2 heterocycles. The summed E-state index contributed by atoms with van der Waals surface area (Å²) in [6.07, 6.45) is 4.23. The van der Waals surface area contributed by atoms with Gasteiger partial charge in [0.15, 0.2) is 5.76 Å². The highest BCUT2D eigenvalue weighted by Crippen LogP contribution is 2.33. The lowest BCUT2D eigenvalue weighted by molar-refractivity contribution is 0.0682. The maximum Gasteiger partial charge on any atom is 0.362 e. The third-order valence-electron chi connectivity index (χ3n) is 3.39. The predicted octanol–water partition coefficient (Wildman–Crippen LogP) is 2.43. The number of ether oxygens (including phenoxy) is 1. The molecule has 0 fully saturated rings. The lowest BCUT2D eigenvalue weighted by Gasteiger charge is -2.26. The molecule has 0 unspecified atom stereocenters. The number of benzene rings is 1. The molecule has 1 aliphatic heterocycles. The molecule has 1 aromatic carbocycles. The zero-order valence-corrected chi connectivity index (χ0v) is 13.4. The zero-order chi connectivity index (χ0) is 17.2. The van der Waals surface area contributed by atoms with Crippen molar-refractivity contribution in [1.82, 2.24) is 9.29 Å². The molecule has 1 aromatic heterocycles. The van der Waals surface area contributed by atoms with Crippen molar-refractivity contribution < 1.29 is 17.9 Å². The van der Waals surface area contributed by atoms with Gasteiger partial charge in [0.2, 0.25) is 0 Å². The number of hydrogen-bond acceptors (Lipinski definition) is 5. The van der Waals surface area contributed by atoms with Gasteiger partial charge in [0, 0.05) is 11.8 Å². The van der Waals surface area contributed by atoms with Gasteiger partial charge in [0.25, 0.3) is 10.0 Å². The third kappa shape index (κ3) is 2.81.